The number of benzene rings is 1. The van der Waals surface area contributed by atoms with Crippen LogP contribution in [0.15, 0.2) is 24.3 Å². The lowest BCUT2D eigenvalue weighted by atomic mass is 10.0. The van der Waals surface area contributed by atoms with Crippen molar-refractivity contribution in [3.05, 3.63) is 35.4 Å². The lowest BCUT2D eigenvalue weighted by Gasteiger charge is -2.25. The maximum atomic E-state index is 12.3. The molecule has 98 valence electrons. The van der Waals surface area contributed by atoms with Crippen LogP contribution in [-0.2, 0) is 11.2 Å². The van der Waals surface area contributed by atoms with E-state index in [9.17, 15) is 4.79 Å². The second kappa shape index (κ2) is 5.53. The highest BCUT2D eigenvalue weighted by molar-refractivity contribution is 5.79. The largest absolute Gasteiger partial charge is 0.338 e. The number of hydrogen-bond donors (Lipinski definition) is 1. The van der Waals surface area contributed by atoms with Crippen LogP contribution in [0, 0.1) is 12.8 Å². The molecule has 1 aliphatic rings. The number of nitrogens with two attached hydrogens (primary N) is 1. The Morgan fingerprint density at radius 2 is 2.28 bits per heavy atom. The molecular weight excluding hydrogens is 224 g/mol. The van der Waals surface area contributed by atoms with Gasteiger partial charge in [0.05, 0.1) is 6.42 Å². The highest BCUT2D eigenvalue weighted by Gasteiger charge is 2.32. The molecule has 1 saturated heterocycles. The molecule has 0 spiro atoms. The highest BCUT2D eigenvalue weighted by atomic mass is 16.2. The first-order valence-corrected chi connectivity index (χ1v) is 6.67. The first-order chi connectivity index (χ1) is 8.61. The van der Waals surface area contributed by atoms with E-state index in [4.69, 9.17) is 5.73 Å². The molecule has 0 bridgehead atoms. The molecule has 1 aromatic rings. The summed E-state index contributed by atoms with van der Waals surface area (Å²) in [6.07, 6.45) is 1.56. The Hall–Kier alpha value is -1.35. The molecule has 0 aromatic heterocycles. The van der Waals surface area contributed by atoms with Crippen LogP contribution in [0.5, 0.6) is 0 Å². The zero-order chi connectivity index (χ0) is 13.1. The van der Waals surface area contributed by atoms with Crippen LogP contribution in [0.2, 0.25) is 0 Å². The van der Waals surface area contributed by atoms with E-state index in [0.29, 0.717) is 18.9 Å². The lowest BCUT2D eigenvalue weighted by Crippen LogP contribution is -2.42. The molecule has 2 atom stereocenters. The highest BCUT2D eigenvalue weighted by Crippen LogP contribution is 2.23. The topological polar surface area (TPSA) is 46.3 Å². The number of nitrogens with zero attached hydrogens (tertiary/aromatic N) is 1. The molecule has 2 unspecified atom stereocenters. The number of carbonyl (C=O) groups is 1. The fraction of sp³-hybridized carbons (Fsp3) is 0.533. The van der Waals surface area contributed by atoms with Gasteiger partial charge in [0.25, 0.3) is 0 Å². The van der Waals surface area contributed by atoms with Crippen LogP contribution >= 0.6 is 0 Å². The fourth-order valence-corrected chi connectivity index (χ4v) is 2.78. The number of likely N-dealkylation sites (tertiary alicyclic amines) is 1. The van der Waals surface area contributed by atoms with Crippen LogP contribution in [0.1, 0.15) is 24.5 Å². The Morgan fingerprint density at radius 1 is 1.50 bits per heavy atom. The van der Waals surface area contributed by atoms with E-state index in [0.717, 1.165) is 18.5 Å². The van der Waals surface area contributed by atoms with E-state index in [1.165, 1.54) is 5.56 Å². The summed E-state index contributed by atoms with van der Waals surface area (Å²) in [5, 5.41) is 0. The van der Waals surface area contributed by atoms with E-state index >= 15 is 0 Å². The van der Waals surface area contributed by atoms with Crippen LogP contribution in [0.25, 0.3) is 0 Å². The predicted molar refractivity (Wildman–Crippen MR) is 73.2 cm³/mol. The Morgan fingerprint density at radius 3 is 2.94 bits per heavy atom. The van der Waals surface area contributed by atoms with Crippen molar-refractivity contribution in [2.45, 2.75) is 32.7 Å². The van der Waals surface area contributed by atoms with E-state index in [1.807, 2.05) is 17.0 Å². The summed E-state index contributed by atoms with van der Waals surface area (Å²) in [7, 11) is 0. The van der Waals surface area contributed by atoms with Crippen LogP contribution in [-0.4, -0.2) is 29.9 Å². The molecule has 1 aromatic carbocycles. The zero-order valence-corrected chi connectivity index (χ0v) is 11.2. The van der Waals surface area contributed by atoms with Gasteiger partial charge in [0.1, 0.15) is 0 Å². The summed E-state index contributed by atoms with van der Waals surface area (Å²) < 4.78 is 0. The zero-order valence-electron chi connectivity index (χ0n) is 11.2. The monoisotopic (exact) mass is 246 g/mol. The lowest BCUT2D eigenvalue weighted by molar-refractivity contribution is -0.131. The van der Waals surface area contributed by atoms with Crippen LogP contribution in [0.4, 0.5) is 0 Å². The van der Waals surface area contributed by atoms with Gasteiger partial charge in [-0.05, 0) is 24.8 Å². The Labute approximate surface area is 109 Å². The summed E-state index contributed by atoms with van der Waals surface area (Å²) in [5.74, 6) is 0.733. The molecule has 1 aliphatic heterocycles. The first kappa shape index (κ1) is 13.1. The minimum absolute atomic E-state index is 0.209. The molecule has 0 saturated carbocycles. The number of aryl methyl sites for hydroxylation is 1. The van der Waals surface area contributed by atoms with Crippen LogP contribution < -0.4 is 5.73 Å². The van der Waals surface area contributed by atoms with Gasteiger partial charge in [-0.25, -0.2) is 0 Å². The van der Waals surface area contributed by atoms with E-state index in [2.05, 4.69) is 26.0 Å². The summed E-state index contributed by atoms with van der Waals surface area (Å²) in [4.78, 5) is 14.3. The molecule has 1 amide bonds. The SMILES string of the molecule is Cc1cccc(CC(=O)N2CCC(C)C2CN)c1. The van der Waals surface area contributed by atoms with Gasteiger partial charge in [0.15, 0.2) is 0 Å². The number of rotatable bonds is 3. The van der Waals surface area contributed by atoms with E-state index < -0.39 is 0 Å². The molecule has 3 heteroatoms. The standard InChI is InChI=1S/C15H22N2O/c1-11-4-3-5-13(8-11)9-15(18)17-7-6-12(2)14(17)10-16/h3-5,8,12,14H,6-7,9-10,16H2,1-2H3. The van der Waals surface area contributed by atoms with Crippen LogP contribution in [0.3, 0.4) is 0 Å². The first-order valence-electron chi connectivity index (χ1n) is 6.67. The van der Waals surface area contributed by atoms with Gasteiger partial charge in [-0.1, -0.05) is 36.8 Å². The number of carbonyl (C=O) groups excluding carboxylic acids is 1. The normalized spacial score (nSPS) is 23.4. The minimum atomic E-state index is 0.209. The van der Waals surface area contributed by atoms with Crippen molar-refractivity contribution < 1.29 is 4.79 Å². The molecule has 2 N–H and O–H groups in total. The second-order valence-electron chi connectivity index (χ2n) is 5.32. The smallest absolute Gasteiger partial charge is 0.227 e. The van der Waals surface area contributed by atoms with Crippen molar-refractivity contribution in [2.75, 3.05) is 13.1 Å². The number of hydrogen-bond acceptors (Lipinski definition) is 2. The van der Waals surface area contributed by atoms with Crippen molar-refractivity contribution in [2.24, 2.45) is 11.7 Å². The molecular formula is C15H22N2O. The average Bonchev–Trinajstić information content (AvgIpc) is 2.70. The van der Waals surface area contributed by atoms with Gasteiger partial charge in [0, 0.05) is 19.1 Å². The maximum absolute atomic E-state index is 12.3. The van der Waals surface area contributed by atoms with Crippen molar-refractivity contribution in [1.82, 2.24) is 4.90 Å². The third kappa shape index (κ3) is 2.72. The van der Waals surface area contributed by atoms with Crippen molar-refractivity contribution in [3.8, 4) is 0 Å². The maximum Gasteiger partial charge on any atom is 0.227 e. The molecule has 1 heterocycles. The molecule has 2 rings (SSSR count). The summed E-state index contributed by atoms with van der Waals surface area (Å²) in [5.41, 5.74) is 8.07. The molecule has 3 nitrogen and oxygen atoms in total. The van der Waals surface area contributed by atoms with Gasteiger partial charge in [-0.15, -0.1) is 0 Å². The van der Waals surface area contributed by atoms with Gasteiger partial charge in [-0.3, -0.25) is 4.79 Å². The predicted octanol–water partition coefficient (Wildman–Crippen LogP) is 1.73. The van der Waals surface area contributed by atoms with Crippen molar-refractivity contribution >= 4 is 5.91 Å². The van der Waals surface area contributed by atoms with Gasteiger partial charge in [-0.2, -0.15) is 0 Å². The third-order valence-electron chi connectivity index (χ3n) is 3.88. The molecule has 18 heavy (non-hydrogen) atoms. The number of amides is 1. The molecule has 0 aliphatic carbocycles. The third-order valence-corrected chi connectivity index (χ3v) is 3.88. The Balaban J connectivity index is 2.04. The van der Waals surface area contributed by atoms with Gasteiger partial charge < -0.3 is 10.6 Å². The second-order valence-corrected chi connectivity index (χ2v) is 5.32. The summed E-state index contributed by atoms with van der Waals surface area (Å²) in [6.45, 7) is 5.65. The average molecular weight is 246 g/mol. The van der Waals surface area contributed by atoms with Crippen molar-refractivity contribution in [1.29, 1.82) is 0 Å². The quantitative estimate of drug-likeness (QED) is 0.883. The van der Waals surface area contributed by atoms with Crippen molar-refractivity contribution in [3.63, 3.8) is 0 Å². The Kier molecular flexibility index (Phi) is 4.02. The summed E-state index contributed by atoms with van der Waals surface area (Å²) in [6, 6.07) is 8.37. The van der Waals surface area contributed by atoms with Gasteiger partial charge in [0.2, 0.25) is 5.91 Å². The molecule has 0 radical (unpaired) electrons. The van der Waals surface area contributed by atoms with Gasteiger partial charge >= 0.3 is 0 Å². The molecule has 1 fully saturated rings. The Bertz CT molecular complexity index is 430. The van der Waals surface area contributed by atoms with E-state index in [-0.39, 0.29) is 11.9 Å². The van der Waals surface area contributed by atoms with E-state index in [1.54, 1.807) is 0 Å². The fourth-order valence-electron chi connectivity index (χ4n) is 2.78. The summed E-state index contributed by atoms with van der Waals surface area (Å²) >= 11 is 0. The minimum Gasteiger partial charge on any atom is -0.338 e.